The van der Waals surface area contributed by atoms with Crippen molar-refractivity contribution in [1.82, 2.24) is 20.4 Å². The number of nitrogens with one attached hydrogen (secondary N) is 3. The molecule has 2 saturated heterocycles. The van der Waals surface area contributed by atoms with Crippen molar-refractivity contribution in [1.29, 1.82) is 5.41 Å². The number of likely N-dealkylation sites (tertiary alicyclic amines) is 2. The molecule has 0 aromatic heterocycles. The fourth-order valence-electron chi connectivity index (χ4n) is 4.96. The van der Waals surface area contributed by atoms with Crippen LogP contribution in [0.4, 0.5) is 0 Å². The summed E-state index contributed by atoms with van der Waals surface area (Å²) in [6.07, 6.45) is 4.13. The summed E-state index contributed by atoms with van der Waals surface area (Å²) in [6, 6.07) is 6.62. The first-order chi connectivity index (χ1) is 19.9. The lowest BCUT2D eigenvalue weighted by Crippen LogP contribution is -2.54. The van der Waals surface area contributed by atoms with E-state index in [-0.39, 0.29) is 30.1 Å². The second-order valence-electron chi connectivity index (χ2n) is 10.4. The quantitative estimate of drug-likeness (QED) is 0.0968. The van der Waals surface area contributed by atoms with Gasteiger partial charge in [0.1, 0.15) is 24.2 Å². The van der Waals surface area contributed by atoms with Crippen LogP contribution in [0.15, 0.2) is 30.3 Å². The number of amides is 3. The highest BCUT2D eigenvalue weighted by Crippen LogP contribution is 2.25. The van der Waals surface area contributed by atoms with Crippen LogP contribution in [-0.4, -0.2) is 99.4 Å². The summed E-state index contributed by atoms with van der Waals surface area (Å²) in [7, 11) is 0. The summed E-state index contributed by atoms with van der Waals surface area (Å²) in [5.74, 6) is -2.93. The summed E-state index contributed by atoms with van der Waals surface area (Å²) in [5, 5.41) is 29.8. The van der Waals surface area contributed by atoms with Crippen LogP contribution in [0, 0.1) is 5.41 Å². The zero-order chi connectivity index (χ0) is 31.2. The molecular formula is C28H43N7O7. The topological polar surface area (TPSA) is 232 Å². The van der Waals surface area contributed by atoms with Crippen LogP contribution in [0.2, 0.25) is 0 Å². The predicted octanol–water partition coefficient (Wildman–Crippen LogP) is -0.148. The molecule has 1 aromatic rings. The first kappa shape index (κ1) is 34.0. The molecule has 3 rings (SSSR count). The largest absolute Gasteiger partial charge is 0.480 e. The first-order valence-corrected chi connectivity index (χ1v) is 14.2. The zero-order valence-electron chi connectivity index (χ0n) is 24.0. The predicted molar refractivity (Wildman–Crippen MR) is 154 cm³/mol. The van der Waals surface area contributed by atoms with E-state index in [1.54, 1.807) is 6.92 Å². The Balaban J connectivity index is 0.000000435. The third-order valence-electron chi connectivity index (χ3n) is 7.20. The molecule has 1 aromatic carbocycles. The number of aryl methyl sites for hydroxylation is 1. The van der Waals surface area contributed by atoms with Crippen LogP contribution in [0.5, 0.6) is 0 Å². The maximum atomic E-state index is 13.0. The van der Waals surface area contributed by atoms with E-state index in [1.807, 2.05) is 30.3 Å². The summed E-state index contributed by atoms with van der Waals surface area (Å²) < 4.78 is 0. The highest BCUT2D eigenvalue weighted by molar-refractivity contribution is 5.94. The molecule has 2 aliphatic rings. The number of guanidine groups is 1. The lowest BCUT2D eigenvalue weighted by Gasteiger charge is -2.31. The summed E-state index contributed by atoms with van der Waals surface area (Å²) in [5.41, 5.74) is 11.3. The molecule has 9 N–H and O–H groups in total. The van der Waals surface area contributed by atoms with Gasteiger partial charge in [0.2, 0.25) is 17.7 Å². The number of benzene rings is 1. The van der Waals surface area contributed by atoms with Crippen molar-refractivity contribution in [3.05, 3.63) is 35.9 Å². The number of carboxylic acids is 2. The van der Waals surface area contributed by atoms with Crippen LogP contribution in [0.25, 0.3) is 0 Å². The second-order valence-corrected chi connectivity index (χ2v) is 10.4. The molecule has 0 saturated carbocycles. The third kappa shape index (κ3) is 10.7. The molecule has 0 radical (unpaired) electrons. The molecule has 14 nitrogen and oxygen atoms in total. The minimum Gasteiger partial charge on any atom is -0.480 e. The third-order valence-corrected chi connectivity index (χ3v) is 7.20. The van der Waals surface area contributed by atoms with Gasteiger partial charge >= 0.3 is 11.9 Å². The Bertz CT molecular complexity index is 1100. The Hall–Kier alpha value is -4.20. The van der Waals surface area contributed by atoms with Crippen molar-refractivity contribution >= 4 is 35.6 Å². The fourth-order valence-corrected chi connectivity index (χ4v) is 4.96. The van der Waals surface area contributed by atoms with Crippen molar-refractivity contribution in [2.45, 2.75) is 82.5 Å². The van der Waals surface area contributed by atoms with Crippen LogP contribution in [0.3, 0.4) is 0 Å². The lowest BCUT2D eigenvalue weighted by atomic mass is 10.1. The van der Waals surface area contributed by atoms with E-state index in [0.29, 0.717) is 64.6 Å². The Morgan fingerprint density at radius 1 is 1.02 bits per heavy atom. The number of nitrogens with two attached hydrogens (primary N) is 2. The SMILES string of the molecule is C[C@H](NC(=O)CCc1ccccc1)C(=O)N1CCC[C@H]1C(=O)N1CCC[C@H]1C(=O)O.N=C(N)NCCC[C@H](N)C(=O)O. The summed E-state index contributed by atoms with van der Waals surface area (Å²) >= 11 is 0. The van der Waals surface area contributed by atoms with Crippen molar-refractivity contribution in [3.63, 3.8) is 0 Å². The van der Waals surface area contributed by atoms with Crippen molar-refractivity contribution in [2.24, 2.45) is 11.5 Å². The van der Waals surface area contributed by atoms with E-state index in [4.69, 9.17) is 22.0 Å². The summed E-state index contributed by atoms with van der Waals surface area (Å²) in [6.45, 7) is 2.94. The van der Waals surface area contributed by atoms with Gasteiger partial charge in [-0.25, -0.2) is 4.79 Å². The van der Waals surface area contributed by atoms with Crippen LogP contribution in [0.1, 0.15) is 57.4 Å². The van der Waals surface area contributed by atoms with Crippen LogP contribution < -0.4 is 22.1 Å². The number of nitrogens with zero attached hydrogens (tertiary/aromatic N) is 2. The van der Waals surface area contributed by atoms with E-state index < -0.39 is 36.1 Å². The molecule has 42 heavy (non-hydrogen) atoms. The van der Waals surface area contributed by atoms with Crippen LogP contribution in [-0.2, 0) is 30.4 Å². The average molecular weight is 590 g/mol. The van der Waals surface area contributed by atoms with Gasteiger partial charge in [-0.3, -0.25) is 24.6 Å². The minimum atomic E-state index is -1.00. The lowest BCUT2D eigenvalue weighted by molar-refractivity contribution is -0.152. The number of carbonyl (C=O) groups excluding carboxylic acids is 3. The first-order valence-electron chi connectivity index (χ1n) is 14.2. The molecule has 0 bridgehead atoms. The fraction of sp³-hybridized carbons (Fsp3) is 0.571. The molecule has 0 unspecified atom stereocenters. The van der Waals surface area contributed by atoms with Gasteiger partial charge < -0.3 is 42.1 Å². The molecule has 0 spiro atoms. The van der Waals surface area contributed by atoms with Gasteiger partial charge in [-0.1, -0.05) is 30.3 Å². The smallest absolute Gasteiger partial charge is 0.326 e. The Kier molecular flexibility index (Phi) is 13.7. The standard InChI is InChI=1S/C22H29N3O5.C6H14N4O2/c1-15(23-19(26)12-11-16-7-3-2-4-8-16)20(27)24-13-5-9-17(24)21(28)25-14-6-10-18(25)22(29)30;7-4(5(11)12)2-1-3-10-6(8)9/h2-4,7-8,15,17-18H,5-6,9-14H2,1H3,(H,23,26)(H,29,30);4H,1-3,7H2,(H,11,12)(H4,8,9,10)/t15-,17-,18-;4-/m00/s1. The number of carboxylic acid groups (broad SMARTS) is 2. The molecule has 2 heterocycles. The van der Waals surface area contributed by atoms with Crippen molar-refractivity contribution in [3.8, 4) is 0 Å². The Morgan fingerprint density at radius 3 is 2.24 bits per heavy atom. The molecular weight excluding hydrogens is 546 g/mol. The Labute approximate surface area is 245 Å². The number of rotatable bonds is 12. The van der Waals surface area contributed by atoms with E-state index in [2.05, 4.69) is 10.6 Å². The van der Waals surface area contributed by atoms with Gasteiger partial charge in [0.25, 0.3) is 0 Å². The monoisotopic (exact) mass is 589 g/mol. The molecule has 2 fully saturated rings. The Morgan fingerprint density at radius 2 is 1.64 bits per heavy atom. The number of aliphatic carboxylic acids is 2. The maximum absolute atomic E-state index is 13.0. The van der Waals surface area contributed by atoms with Gasteiger partial charge in [0.05, 0.1) is 0 Å². The highest BCUT2D eigenvalue weighted by atomic mass is 16.4. The molecule has 232 valence electrons. The van der Waals surface area contributed by atoms with Crippen molar-refractivity contribution in [2.75, 3.05) is 19.6 Å². The normalized spacial score (nSPS) is 19.2. The molecule has 0 aliphatic carbocycles. The second kappa shape index (κ2) is 16.9. The average Bonchev–Trinajstić information content (AvgIpc) is 3.65. The number of carbonyl (C=O) groups is 5. The molecule has 4 atom stereocenters. The highest BCUT2D eigenvalue weighted by Gasteiger charge is 2.42. The number of hydrogen-bond donors (Lipinski definition) is 7. The zero-order valence-corrected chi connectivity index (χ0v) is 24.0. The summed E-state index contributed by atoms with van der Waals surface area (Å²) in [4.78, 5) is 62.7. The van der Waals surface area contributed by atoms with E-state index in [1.165, 1.54) is 9.80 Å². The van der Waals surface area contributed by atoms with E-state index in [0.717, 1.165) is 5.56 Å². The molecule has 14 heteroatoms. The van der Waals surface area contributed by atoms with E-state index in [9.17, 15) is 29.1 Å². The van der Waals surface area contributed by atoms with Gasteiger partial charge in [-0.15, -0.1) is 0 Å². The molecule has 3 amide bonds. The number of hydrogen-bond acceptors (Lipinski definition) is 7. The molecule has 2 aliphatic heterocycles. The van der Waals surface area contributed by atoms with E-state index >= 15 is 0 Å². The maximum Gasteiger partial charge on any atom is 0.326 e. The van der Waals surface area contributed by atoms with Gasteiger partial charge in [0, 0.05) is 26.1 Å². The van der Waals surface area contributed by atoms with Gasteiger partial charge in [-0.2, -0.15) is 0 Å². The van der Waals surface area contributed by atoms with Crippen LogP contribution >= 0.6 is 0 Å². The van der Waals surface area contributed by atoms with Gasteiger partial charge in [-0.05, 0) is 57.4 Å². The minimum absolute atomic E-state index is 0.112. The van der Waals surface area contributed by atoms with Crippen molar-refractivity contribution < 1.29 is 34.2 Å². The van der Waals surface area contributed by atoms with Gasteiger partial charge in [0.15, 0.2) is 5.96 Å².